The quantitative estimate of drug-likeness (QED) is 0.895. The third kappa shape index (κ3) is 2.75. The summed E-state index contributed by atoms with van der Waals surface area (Å²) in [6.45, 7) is 1.75. The minimum absolute atomic E-state index is 0.187. The number of carboxylic acid groups (broad SMARTS) is 1. The van der Waals surface area contributed by atoms with Crippen LogP contribution in [0.2, 0.25) is 0 Å². The van der Waals surface area contributed by atoms with Crippen LogP contribution in [0.15, 0.2) is 36.4 Å². The summed E-state index contributed by atoms with van der Waals surface area (Å²) in [6, 6.07) is 10.4. The van der Waals surface area contributed by atoms with Gasteiger partial charge < -0.3 is 10.4 Å². The molecule has 4 nitrogen and oxygen atoms in total. The molecule has 2 N–H and O–H groups in total. The summed E-state index contributed by atoms with van der Waals surface area (Å²) in [5, 5.41) is 20.9. The lowest BCUT2D eigenvalue weighted by molar-refractivity contribution is 0.0697. The van der Waals surface area contributed by atoms with Gasteiger partial charge in [0.1, 0.15) is 11.9 Å². The van der Waals surface area contributed by atoms with Gasteiger partial charge in [0.2, 0.25) is 0 Å². The number of anilines is 2. The van der Waals surface area contributed by atoms with Crippen LogP contribution in [0.25, 0.3) is 0 Å². The van der Waals surface area contributed by atoms with Crippen LogP contribution in [-0.4, -0.2) is 11.1 Å². The smallest absolute Gasteiger partial charge is 0.335 e. The Bertz CT molecular complexity index is 720. The molecule has 0 aliphatic rings. The Balaban J connectivity index is 2.36. The fourth-order valence-corrected chi connectivity index (χ4v) is 1.80. The molecule has 0 fully saturated rings. The Labute approximate surface area is 115 Å². The normalized spacial score (nSPS) is 9.85. The number of aryl methyl sites for hydroxylation is 1. The van der Waals surface area contributed by atoms with Gasteiger partial charge in [-0.2, -0.15) is 5.26 Å². The molecule has 0 unspecified atom stereocenters. The molecule has 0 radical (unpaired) electrons. The maximum Gasteiger partial charge on any atom is 0.335 e. The first-order valence-electron chi connectivity index (χ1n) is 5.82. The first-order chi connectivity index (χ1) is 9.51. The number of carboxylic acids is 1. The van der Waals surface area contributed by atoms with E-state index in [0.29, 0.717) is 11.4 Å². The average molecular weight is 270 g/mol. The molecule has 0 bridgehead atoms. The van der Waals surface area contributed by atoms with Crippen molar-refractivity contribution in [1.82, 2.24) is 0 Å². The predicted molar refractivity (Wildman–Crippen MR) is 72.5 cm³/mol. The van der Waals surface area contributed by atoms with Gasteiger partial charge in [-0.05, 0) is 48.9 Å². The minimum atomic E-state index is -1.00. The number of nitriles is 1. The van der Waals surface area contributed by atoms with Crippen molar-refractivity contribution in [1.29, 1.82) is 5.26 Å². The molecule has 20 heavy (non-hydrogen) atoms. The highest BCUT2D eigenvalue weighted by atomic mass is 19.1. The first kappa shape index (κ1) is 13.6. The van der Waals surface area contributed by atoms with Crippen LogP contribution in [0.3, 0.4) is 0 Å². The molecule has 2 aromatic carbocycles. The van der Waals surface area contributed by atoms with E-state index >= 15 is 0 Å². The van der Waals surface area contributed by atoms with Crippen molar-refractivity contribution in [3.8, 4) is 6.07 Å². The Kier molecular flexibility index (Phi) is 3.67. The van der Waals surface area contributed by atoms with Crippen molar-refractivity contribution in [2.75, 3.05) is 5.32 Å². The second-order valence-corrected chi connectivity index (χ2v) is 4.26. The van der Waals surface area contributed by atoms with Gasteiger partial charge >= 0.3 is 5.97 Å². The molecule has 0 saturated heterocycles. The van der Waals surface area contributed by atoms with Gasteiger partial charge in [0, 0.05) is 5.69 Å². The number of benzene rings is 2. The van der Waals surface area contributed by atoms with E-state index in [-0.39, 0.29) is 11.1 Å². The number of nitrogens with zero attached hydrogens (tertiary/aromatic N) is 1. The van der Waals surface area contributed by atoms with Crippen LogP contribution in [0.5, 0.6) is 0 Å². The minimum Gasteiger partial charge on any atom is -0.478 e. The molecule has 0 aromatic heterocycles. The summed E-state index contributed by atoms with van der Waals surface area (Å²) >= 11 is 0. The molecule has 0 atom stereocenters. The molecule has 0 aliphatic heterocycles. The van der Waals surface area contributed by atoms with E-state index in [1.54, 1.807) is 13.0 Å². The molecule has 5 heteroatoms. The van der Waals surface area contributed by atoms with Crippen molar-refractivity contribution in [3.63, 3.8) is 0 Å². The number of rotatable bonds is 3. The summed E-state index contributed by atoms with van der Waals surface area (Å²) in [7, 11) is 0. The SMILES string of the molecule is Cc1cc(C(=O)O)ccc1Nc1ccc(F)cc1C#N. The summed E-state index contributed by atoms with van der Waals surface area (Å²) in [5.41, 5.74) is 2.23. The zero-order valence-electron chi connectivity index (χ0n) is 10.6. The third-order valence-corrected chi connectivity index (χ3v) is 2.84. The lowest BCUT2D eigenvalue weighted by atomic mass is 10.1. The summed E-state index contributed by atoms with van der Waals surface area (Å²) < 4.78 is 13.0. The van der Waals surface area contributed by atoms with E-state index in [1.807, 2.05) is 6.07 Å². The number of hydrogen-bond donors (Lipinski definition) is 2. The lowest BCUT2D eigenvalue weighted by Gasteiger charge is -2.11. The maximum atomic E-state index is 13.0. The van der Waals surface area contributed by atoms with Crippen LogP contribution in [0.1, 0.15) is 21.5 Å². The molecule has 0 saturated carbocycles. The third-order valence-electron chi connectivity index (χ3n) is 2.84. The zero-order chi connectivity index (χ0) is 14.7. The van der Waals surface area contributed by atoms with Crippen LogP contribution < -0.4 is 5.32 Å². The van der Waals surface area contributed by atoms with Gasteiger partial charge in [-0.1, -0.05) is 0 Å². The van der Waals surface area contributed by atoms with Gasteiger partial charge in [0.25, 0.3) is 0 Å². The molecular weight excluding hydrogens is 259 g/mol. The van der Waals surface area contributed by atoms with Crippen molar-refractivity contribution in [3.05, 3.63) is 58.9 Å². The first-order valence-corrected chi connectivity index (χ1v) is 5.82. The van der Waals surface area contributed by atoms with Crippen LogP contribution in [0.4, 0.5) is 15.8 Å². The van der Waals surface area contributed by atoms with E-state index in [9.17, 15) is 9.18 Å². The van der Waals surface area contributed by atoms with Gasteiger partial charge in [-0.25, -0.2) is 9.18 Å². The molecule has 0 aliphatic carbocycles. The average Bonchev–Trinajstić information content (AvgIpc) is 2.42. The van der Waals surface area contributed by atoms with Crippen LogP contribution >= 0.6 is 0 Å². The second-order valence-electron chi connectivity index (χ2n) is 4.26. The van der Waals surface area contributed by atoms with Crippen molar-refractivity contribution in [2.45, 2.75) is 6.92 Å². The fourth-order valence-electron chi connectivity index (χ4n) is 1.80. The van der Waals surface area contributed by atoms with E-state index in [4.69, 9.17) is 10.4 Å². The number of halogens is 1. The molecule has 2 aromatic rings. The van der Waals surface area contributed by atoms with Crippen molar-refractivity contribution < 1.29 is 14.3 Å². The summed E-state index contributed by atoms with van der Waals surface area (Å²) in [5.74, 6) is -1.48. The highest BCUT2D eigenvalue weighted by Crippen LogP contribution is 2.24. The van der Waals surface area contributed by atoms with E-state index in [0.717, 1.165) is 11.6 Å². The molecule has 0 spiro atoms. The van der Waals surface area contributed by atoms with E-state index < -0.39 is 11.8 Å². The van der Waals surface area contributed by atoms with E-state index in [2.05, 4.69) is 5.32 Å². The molecule has 2 rings (SSSR count). The zero-order valence-corrected chi connectivity index (χ0v) is 10.6. The fraction of sp³-hybridized carbons (Fsp3) is 0.0667. The largest absolute Gasteiger partial charge is 0.478 e. The van der Waals surface area contributed by atoms with Crippen molar-refractivity contribution >= 4 is 17.3 Å². The highest BCUT2D eigenvalue weighted by Gasteiger charge is 2.08. The number of aromatic carboxylic acids is 1. The number of hydrogen-bond acceptors (Lipinski definition) is 3. The standard InChI is InChI=1S/C15H11FN2O2/c1-9-6-10(15(19)20)2-4-13(9)18-14-5-3-12(16)7-11(14)8-17/h2-7,18H,1H3,(H,19,20). The number of nitrogens with one attached hydrogen (secondary N) is 1. The lowest BCUT2D eigenvalue weighted by Crippen LogP contribution is -2.00. The number of carbonyl (C=O) groups is 1. The van der Waals surface area contributed by atoms with Gasteiger partial charge in [0.15, 0.2) is 0 Å². The topological polar surface area (TPSA) is 73.1 Å². The van der Waals surface area contributed by atoms with Gasteiger partial charge in [-0.15, -0.1) is 0 Å². The monoisotopic (exact) mass is 270 g/mol. The molecule has 100 valence electrons. The van der Waals surface area contributed by atoms with Crippen molar-refractivity contribution in [2.24, 2.45) is 0 Å². The Morgan fingerprint density at radius 1 is 1.25 bits per heavy atom. The molecule has 0 amide bonds. The Hall–Kier alpha value is -2.87. The summed E-state index contributed by atoms with van der Waals surface area (Å²) in [4.78, 5) is 10.9. The summed E-state index contributed by atoms with van der Waals surface area (Å²) in [6.07, 6.45) is 0. The second kappa shape index (κ2) is 5.41. The Morgan fingerprint density at radius 2 is 1.95 bits per heavy atom. The highest BCUT2D eigenvalue weighted by molar-refractivity contribution is 5.88. The van der Waals surface area contributed by atoms with Crippen LogP contribution in [0, 0.1) is 24.1 Å². The van der Waals surface area contributed by atoms with Crippen LogP contribution in [-0.2, 0) is 0 Å². The van der Waals surface area contributed by atoms with Gasteiger partial charge in [-0.3, -0.25) is 0 Å². The van der Waals surface area contributed by atoms with Gasteiger partial charge in [0.05, 0.1) is 16.8 Å². The molecule has 0 heterocycles. The molecular formula is C15H11FN2O2. The maximum absolute atomic E-state index is 13.0. The van der Waals surface area contributed by atoms with E-state index in [1.165, 1.54) is 24.3 Å². The Morgan fingerprint density at radius 3 is 2.55 bits per heavy atom. The predicted octanol–water partition coefficient (Wildman–Crippen LogP) is 3.45.